The van der Waals surface area contributed by atoms with Gasteiger partial charge in [0.15, 0.2) is 0 Å². The third kappa shape index (κ3) is 3.15. The molecule has 2 rings (SSSR count). The van der Waals surface area contributed by atoms with Crippen LogP contribution in [0.5, 0.6) is 0 Å². The fraction of sp³-hybridized carbons (Fsp3) is 1.00. The number of rotatable bonds is 2. The number of nitrogens with zero attached hydrogens (tertiary/aromatic N) is 1. The average Bonchev–Trinajstić information content (AvgIpc) is 2.15. The summed E-state index contributed by atoms with van der Waals surface area (Å²) >= 11 is 0. The van der Waals surface area contributed by atoms with E-state index >= 15 is 0 Å². The van der Waals surface area contributed by atoms with E-state index in [4.69, 9.17) is 4.74 Å². The zero-order valence-corrected chi connectivity index (χ0v) is 10.3. The molecule has 0 unspecified atom stereocenters. The number of halogens is 1. The van der Waals surface area contributed by atoms with Crippen molar-refractivity contribution in [3.63, 3.8) is 0 Å². The van der Waals surface area contributed by atoms with Crippen LogP contribution in [0.15, 0.2) is 0 Å². The minimum atomic E-state index is -0.984. The molecule has 0 aliphatic carbocycles. The highest BCUT2D eigenvalue weighted by Gasteiger charge is 2.35. The second kappa shape index (κ2) is 4.98. The Bertz CT molecular complexity index is 221. The molecule has 0 spiro atoms. The van der Waals surface area contributed by atoms with Gasteiger partial charge in [0.25, 0.3) is 0 Å². The Morgan fingerprint density at radius 1 is 1.25 bits per heavy atom. The van der Waals surface area contributed by atoms with Crippen LogP contribution in [0.1, 0.15) is 26.7 Å². The molecule has 2 fully saturated rings. The predicted octanol–water partition coefficient (Wildman–Crippen LogP) is 1.19. The van der Waals surface area contributed by atoms with Crippen molar-refractivity contribution in [3.8, 4) is 0 Å². The maximum absolute atomic E-state index is 14.5. The van der Waals surface area contributed by atoms with Crippen LogP contribution in [0.3, 0.4) is 0 Å². The van der Waals surface area contributed by atoms with Crippen LogP contribution in [0.4, 0.5) is 4.39 Å². The summed E-state index contributed by atoms with van der Waals surface area (Å²) in [6.45, 7) is 8.06. The Balaban J connectivity index is 1.87. The number of hydrogen-bond donors (Lipinski definition) is 1. The van der Waals surface area contributed by atoms with Crippen LogP contribution in [-0.2, 0) is 4.74 Å². The lowest BCUT2D eigenvalue weighted by molar-refractivity contribution is -0.0830. The third-order valence-electron chi connectivity index (χ3n) is 3.50. The van der Waals surface area contributed by atoms with E-state index in [0.717, 1.165) is 26.2 Å². The molecule has 0 amide bonds. The summed E-state index contributed by atoms with van der Waals surface area (Å²) in [4.78, 5) is 2.23. The van der Waals surface area contributed by atoms with Gasteiger partial charge in [0.1, 0.15) is 5.67 Å². The SMILES string of the molecule is C[C@@H]1CN(CC2(F)CCNCC2)C[C@H](C)O1. The summed E-state index contributed by atoms with van der Waals surface area (Å²) in [5.41, 5.74) is -0.984. The molecular weight excluding hydrogens is 207 g/mol. The number of nitrogens with one attached hydrogen (secondary N) is 1. The molecule has 0 radical (unpaired) electrons. The fourth-order valence-corrected chi connectivity index (χ4v) is 2.85. The lowest BCUT2D eigenvalue weighted by atomic mass is 9.93. The van der Waals surface area contributed by atoms with Gasteiger partial charge < -0.3 is 10.1 Å². The number of hydrogen-bond acceptors (Lipinski definition) is 3. The van der Waals surface area contributed by atoms with Crippen molar-refractivity contribution in [3.05, 3.63) is 0 Å². The first-order valence-corrected chi connectivity index (χ1v) is 6.35. The summed E-state index contributed by atoms with van der Waals surface area (Å²) < 4.78 is 20.2. The summed E-state index contributed by atoms with van der Waals surface area (Å²) in [5, 5.41) is 3.21. The minimum absolute atomic E-state index is 0.231. The highest BCUT2D eigenvalue weighted by Crippen LogP contribution is 2.25. The second-order valence-electron chi connectivity index (χ2n) is 5.35. The van der Waals surface area contributed by atoms with E-state index in [-0.39, 0.29) is 12.2 Å². The average molecular weight is 230 g/mol. The molecule has 4 heteroatoms. The summed E-state index contributed by atoms with van der Waals surface area (Å²) in [6.07, 6.45) is 1.75. The summed E-state index contributed by atoms with van der Waals surface area (Å²) in [7, 11) is 0. The monoisotopic (exact) mass is 230 g/mol. The van der Waals surface area contributed by atoms with Gasteiger partial charge in [-0.2, -0.15) is 0 Å². The number of ether oxygens (including phenoxy) is 1. The van der Waals surface area contributed by atoms with E-state index in [1.165, 1.54) is 0 Å². The van der Waals surface area contributed by atoms with Crippen LogP contribution < -0.4 is 5.32 Å². The van der Waals surface area contributed by atoms with Crippen molar-refractivity contribution >= 4 is 0 Å². The van der Waals surface area contributed by atoms with Gasteiger partial charge in [0, 0.05) is 19.6 Å². The zero-order chi connectivity index (χ0) is 11.6. The van der Waals surface area contributed by atoms with Gasteiger partial charge in [-0.15, -0.1) is 0 Å². The van der Waals surface area contributed by atoms with Crippen molar-refractivity contribution in [2.24, 2.45) is 0 Å². The minimum Gasteiger partial charge on any atom is -0.373 e. The molecule has 2 atom stereocenters. The molecule has 2 aliphatic heterocycles. The summed E-state index contributed by atoms with van der Waals surface area (Å²) in [6, 6.07) is 0. The molecule has 2 saturated heterocycles. The maximum atomic E-state index is 14.5. The lowest BCUT2D eigenvalue weighted by Gasteiger charge is -2.40. The molecule has 2 aliphatic rings. The standard InChI is InChI=1S/C12H23FN2O/c1-10-7-15(8-11(2)16-10)9-12(13)3-5-14-6-4-12/h10-11,14H,3-9H2,1-2H3/t10-,11+. The normalized spacial score (nSPS) is 36.2. The van der Waals surface area contributed by atoms with Crippen molar-refractivity contribution < 1.29 is 9.13 Å². The van der Waals surface area contributed by atoms with Crippen LogP contribution in [0.2, 0.25) is 0 Å². The smallest absolute Gasteiger partial charge is 0.126 e. The zero-order valence-electron chi connectivity index (χ0n) is 10.3. The Labute approximate surface area is 97.3 Å². The van der Waals surface area contributed by atoms with Crippen molar-refractivity contribution in [1.82, 2.24) is 10.2 Å². The second-order valence-corrected chi connectivity index (χ2v) is 5.35. The van der Waals surface area contributed by atoms with Crippen molar-refractivity contribution in [2.45, 2.75) is 44.6 Å². The first-order valence-electron chi connectivity index (χ1n) is 6.35. The number of alkyl halides is 1. The van der Waals surface area contributed by atoms with Crippen molar-refractivity contribution in [2.75, 3.05) is 32.7 Å². The van der Waals surface area contributed by atoms with E-state index in [2.05, 4.69) is 24.1 Å². The van der Waals surface area contributed by atoms with Crippen LogP contribution in [0, 0.1) is 0 Å². The molecule has 0 aromatic carbocycles. The molecule has 2 heterocycles. The van der Waals surface area contributed by atoms with Gasteiger partial charge in [0.05, 0.1) is 12.2 Å². The highest BCUT2D eigenvalue weighted by atomic mass is 19.1. The largest absolute Gasteiger partial charge is 0.373 e. The van der Waals surface area contributed by atoms with Crippen LogP contribution in [0.25, 0.3) is 0 Å². The van der Waals surface area contributed by atoms with Gasteiger partial charge in [0.2, 0.25) is 0 Å². The van der Waals surface area contributed by atoms with E-state index in [9.17, 15) is 4.39 Å². The first-order chi connectivity index (χ1) is 7.57. The first kappa shape index (κ1) is 12.3. The molecule has 1 N–H and O–H groups in total. The molecule has 0 saturated carbocycles. The van der Waals surface area contributed by atoms with Gasteiger partial charge in [-0.05, 0) is 39.8 Å². The Morgan fingerprint density at radius 3 is 2.38 bits per heavy atom. The van der Waals surface area contributed by atoms with Crippen LogP contribution >= 0.6 is 0 Å². The molecule has 94 valence electrons. The Morgan fingerprint density at radius 2 is 1.81 bits per heavy atom. The van der Waals surface area contributed by atoms with Crippen molar-refractivity contribution in [1.29, 1.82) is 0 Å². The van der Waals surface area contributed by atoms with Gasteiger partial charge in [-0.3, -0.25) is 4.90 Å². The van der Waals surface area contributed by atoms with Gasteiger partial charge >= 0.3 is 0 Å². The van der Waals surface area contributed by atoms with Crippen LogP contribution in [-0.4, -0.2) is 55.5 Å². The molecular formula is C12H23FN2O. The lowest BCUT2D eigenvalue weighted by Crippen LogP contribution is -2.53. The Kier molecular flexibility index (Phi) is 3.82. The van der Waals surface area contributed by atoms with Gasteiger partial charge in [-0.1, -0.05) is 0 Å². The molecule has 0 aromatic heterocycles. The van der Waals surface area contributed by atoms with E-state index in [1.54, 1.807) is 0 Å². The topological polar surface area (TPSA) is 24.5 Å². The Hall–Kier alpha value is -0.190. The predicted molar refractivity (Wildman–Crippen MR) is 62.4 cm³/mol. The number of morpholine rings is 1. The molecule has 3 nitrogen and oxygen atoms in total. The third-order valence-corrected chi connectivity index (χ3v) is 3.50. The highest BCUT2D eigenvalue weighted by molar-refractivity contribution is 4.89. The quantitative estimate of drug-likeness (QED) is 0.771. The maximum Gasteiger partial charge on any atom is 0.126 e. The van der Waals surface area contributed by atoms with E-state index in [0.29, 0.717) is 19.4 Å². The van der Waals surface area contributed by atoms with Gasteiger partial charge in [-0.25, -0.2) is 4.39 Å². The van der Waals surface area contributed by atoms with E-state index < -0.39 is 5.67 Å². The number of piperidine rings is 1. The molecule has 16 heavy (non-hydrogen) atoms. The fourth-order valence-electron chi connectivity index (χ4n) is 2.85. The van der Waals surface area contributed by atoms with E-state index in [1.807, 2.05) is 0 Å². The molecule has 0 aromatic rings. The molecule has 0 bridgehead atoms. The summed E-state index contributed by atoms with van der Waals surface area (Å²) in [5.74, 6) is 0.